The van der Waals surface area contributed by atoms with Gasteiger partial charge in [0.05, 0.1) is 18.8 Å². The first-order valence-corrected chi connectivity index (χ1v) is 10.6. The van der Waals surface area contributed by atoms with Crippen molar-refractivity contribution in [3.63, 3.8) is 0 Å². The highest BCUT2D eigenvalue weighted by atomic mass is 32.2. The lowest BCUT2D eigenvalue weighted by molar-refractivity contribution is -0.126. The van der Waals surface area contributed by atoms with Crippen LogP contribution in [0.25, 0.3) is 0 Å². The van der Waals surface area contributed by atoms with E-state index >= 15 is 0 Å². The van der Waals surface area contributed by atoms with E-state index < -0.39 is 10.0 Å². The molecular formula is C16H22N4O3S2. The SMILES string of the molecule is CCn1cnc(S(=O)(=O)N2CCCC(C(=O)NCc3cccs3)C2)c1. The van der Waals surface area contributed by atoms with Gasteiger partial charge in [-0.25, -0.2) is 13.4 Å². The third kappa shape index (κ3) is 4.10. The van der Waals surface area contributed by atoms with E-state index in [4.69, 9.17) is 0 Å². The second-order valence-electron chi connectivity index (χ2n) is 6.04. The molecule has 1 saturated heterocycles. The zero-order chi connectivity index (χ0) is 17.9. The predicted molar refractivity (Wildman–Crippen MR) is 95.5 cm³/mol. The zero-order valence-corrected chi connectivity index (χ0v) is 15.7. The van der Waals surface area contributed by atoms with Crippen LogP contribution in [0, 0.1) is 5.92 Å². The van der Waals surface area contributed by atoms with Gasteiger partial charge in [-0.1, -0.05) is 6.07 Å². The quantitative estimate of drug-likeness (QED) is 0.824. The second-order valence-corrected chi connectivity index (χ2v) is 8.96. The zero-order valence-electron chi connectivity index (χ0n) is 14.1. The van der Waals surface area contributed by atoms with Crippen LogP contribution in [0.3, 0.4) is 0 Å². The van der Waals surface area contributed by atoms with Gasteiger partial charge in [-0.2, -0.15) is 4.31 Å². The number of aromatic nitrogens is 2. The molecule has 1 aliphatic rings. The molecule has 1 unspecified atom stereocenters. The number of piperidine rings is 1. The Bertz CT molecular complexity index is 814. The third-order valence-corrected chi connectivity index (χ3v) is 6.98. The Morgan fingerprint density at radius 2 is 2.32 bits per heavy atom. The van der Waals surface area contributed by atoms with Gasteiger partial charge in [-0.05, 0) is 31.2 Å². The predicted octanol–water partition coefficient (Wildman–Crippen LogP) is 1.68. The highest BCUT2D eigenvalue weighted by molar-refractivity contribution is 7.89. The van der Waals surface area contributed by atoms with Crippen molar-refractivity contribution in [2.75, 3.05) is 13.1 Å². The molecule has 3 heterocycles. The topological polar surface area (TPSA) is 84.3 Å². The lowest BCUT2D eigenvalue weighted by atomic mass is 9.99. The molecule has 2 aromatic rings. The van der Waals surface area contributed by atoms with Crippen LogP contribution in [-0.2, 0) is 27.9 Å². The van der Waals surface area contributed by atoms with E-state index in [1.807, 2.05) is 24.4 Å². The molecule has 7 nitrogen and oxygen atoms in total. The highest BCUT2D eigenvalue weighted by Crippen LogP contribution is 2.23. The maximum absolute atomic E-state index is 12.7. The van der Waals surface area contributed by atoms with Crippen LogP contribution in [0.15, 0.2) is 35.1 Å². The van der Waals surface area contributed by atoms with Crippen molar-refractivity contribution in [1.29, 1.82) is 0 Å². The highest BCUT2D eigenvalue weighted by Gasteiger charge is 2.34. The van der Waals surface area contributed by atoms with Crippen molar-refractivity contribution in [2.45, 2.75) is 37.9 Å². The molecule has 0 aliphatic carbocycles. The molecule has 0 radical (unpaired) electrons. The first-order valence-electron chi connectivity index (χ1n) is 8.32. The number of hydrogen-bond acceptors (Lipinski definition) is 5. The van der Waals surface area contributed by atoms with Crippen molar-refractivity contribution in [2.24, 2.45) is 5.92 Å². The summed E-state index contributed by atoms with van der Waals surface area (Å²) < 4.78 is 28.6. The van der Waals surface area contributed by atoms with E-state index in [0.717, 1.165) is 4.88 Å². The number of imidazole rings is 1. The van der Waals surface area contributed by atoms with Crippen molar-refractivity contribution >= 4 is 27.3 Å². The van der Waals surface area contributed by atoms with Gasteiger partial charge in [0.2, 0.25) is 5.91 Å². The maximum atomic E-state index is 12.7. The number of thiophene rings is 1. The first-order chi connectivity index (χ1) is 12.0. The summed E-state index contributed by atoms with van der Waals surface area (Å²) in [6.07, 6.45) is 4.42. The minimum Gasteiger partial charge on any atom is -0.351 e. The molecule has 3 rings (SSSR count). The molecule has 0 saturated carbocycles. The number of sulfonamides is 1. The van der Waals surface area contributed by atoms with Gasteiger partial charge < -0.3 is 9.88 Å². The summed E-state index contributed by atoms with van der Waals surface area (Å²) in [5.74, 6) is -0.413. The van der Waals surface area contributed by atoms with Gasteiger partial charge in [-0.15, -0.1) is 11.3 Å². The molecule has 1 aliphatic heterocycles. The second kappa shape index (κ2) is 7.67. The van der Waals surface area contributed by atoms with Gasteiger partial charge in [0.25, 0.3) is 10.0 Å². The minimum absolute atomic E-state index is 0.0500. The fourth-order valence-corrected chi connectivity index (χ4v) is 4.99. The smallest absolute Gasteiger partial charge is 0.262 e. The van der Waals surface area contributed by atoms with Crippen LogP contribution < -0.4 is 5.32 Å². The standard InChI is InChI=1S/C16H22N4O3S2/c1-2-19-11-15(18-12-19)25(22,23)20-7-3-5-13(10-20)16(21)17-9-14-6-4-8-24-14/h4,6,8,11-13H,2-3,5,7,9-10H2,1H3,(H,17,21). The molecule has 9 heteroatoms. The van der Waals surface area contributed by atoms with Crippen molar-refractivity contribution in [3.8, 4) is 0 Å². The molecule has 0 aromatic carbocycles. The third-order valence-electron chi connectivity index (χ3n) is 4.35. The Kier molecular flexibility index (Phi) is 5.55. The molecule has 1 atom stereocenters. The summed E-state index contributed by atoms with van der Waals surface area (Å²) >= 11 is 1.59. The Hall–Kier alpha value is -1.71. The number of rotatable bonds is 6. The molecule has 2 aromatic heterocycles. The minimum atomic E-state index is -3.65. The van der Waals surface area contributed by atoms with Crippen molar-refractivity contribution in [1.82, 2.24) is 19.2 Å². The van der Waals surface area contributed by atoms with E-state index in [9.17, 15) is 13.2 Å². The fraction of sp³-hybridized carbons (Fsp3) is 0.500. The maximum Gasteiger partial charge on any atom is 0.262 e. The summed E-state index contributed by atoms with van der Waals surface area (Å²) in [5.41, 5.74) is 0. The van der Waals surface area contributed by atoms with Crippen molar-refractivity contribution < 1.29 is 13.2 Å². The molecule has 136 valence electrons. The van der Waals surface area contributed by atoms with Crippen LogP contribution in [0.2, 0.25) is 0 Å². The fourth-order valence-electron chi connectivity index (χ4n) is 2.88. The van der Waals surface area contributed by atoms with E-state index in [0.29, 0.717) is 32.5 Å². The summed E-state index contributed by atoms with van der Waals surface area (Å²) in [6.45, 7) is 3.71. The molecule has 1 N–H and O–H groups in total. The number of carbonyl (C=O) groups excluding carboxylic acids is 1. The number of carbonyl (C=O) groups is 1. The Morgan fingerprint density at radius 1 is 1.48 bits per heavy atom. The van der Waals surface area contributed by atoms with E-state index in [1.165, 1.54) is 16.8 Å². The van der Waals surface area contributed by atoms with Gasteiger partial charge in [-0.3, -0.25) is 4.79 Å². The van der Waals surface area contributed by atoms with Crippen LogP contribution in [0.1, 0.15) is 24.6 Å². The molecule has 0 spiro atoms. The summed E-state index contributed by atoms with van der Waals surface area (Å²) in [6, 6.07) is 3.91. The normalized spacial score (nSPS) is 19.0. The lowest BCUT2D eigenvalue weighted by Gasteiger charge is -2.30. The Labute approximate surface area is 151 Å². The number of amides is 1. The van der Waals surface area contributed by atoms with Gasteiger partial charge in [0.1, 0.15) is 0 Å². The molecule has 1 amide bonds. The molecule has 0 bridgehead atoms. The number of nitrogens with zero attached hydrogens (tertiary/aromatic N) is 3. The molecule has 25 heavy (non-hydrogen) atoms. The number of aryl methyl sites for hydroxylation is 1. The Balaban J connectivity index is 1.64. The monoisotopic (exact) mass is 382 g/mol. The van der Waals surface area contributed by atoms with Gasteiger partial charge in [0, 0.05) is 30.7 Å². The summed E-state index contributed by atoms with van der Waals surface area (Å²) in [4.78, 5) is 17.5. The average molecular weight is 383 g/mol. The van der Waals surface area contributed by atoms with Crippen LogP contribution in [-0.4, -0.2) is 41.3 Å². The largest absolute Gasteiger partial charge is 0.351 e. The van der Waals surface area contributed by atoms with Crippen molar-refractivity contribution in [3.05, 3.63) is 34.9 Å². The van der Waals surface area contributed by atoms with E-state index in [2.05, 4.69) is 10.3 Å². The lowest BCUT2D eigenvalue weighted by Crippen LogP contribution is -2.45. The van der Waals surface area contributed by atoms with E-state index in [-0.39, 0.29) is 23.4 Å². The van der Waals surface area contributed by atoms with Gasteiger partial charge >= 0.3 is 0 Å². The summed E-state index contributed by atoms with van der Waals surface area (Å²) in [7, 11) is -3.65. The number of nitrogens with one attached hydrogen (secondary N) is 1. The average Bonchev–Trinajstić information content (AvgIpc) is 3.31. The van der Waals surface area contributed by atoms with Crippen LogP contribution >= 0.6 is 11.3 Å². The van der Waals surface area contributed by atoms with Crippen LogP contribution in [0.4, 0.5) is 0 Å². The van der Waals surface area contributed by atoms with Gasteiger partial charge in [0.15, 0.2) is 5.03 Å². The van der Waals surface area contributed by atoms with Crippen LogP contribution in [0.5, 0.6) is 0 Å². The molecule has 1 fully saturated rings. The molecular weight excluding hydrogens is 360 g/mol. The Morgan fingerprint density at radius 3 is 3.00 bits per heavy atom. The van der Waals surface area contributed by atoms with E-state index in [1.54, 1.807) is 15.9 Å². The number of hydrogen-bond donors (Lipinski definition) is 1. The summed E-state index contributed by atoms with van der Waals surface area (Å²) in [5, 5.41) is 4.92. The first kappa shape index (κ1) is 18.1.